The number of halogens is 1. The highest BCUT2D eigenvalue weighted by Crippen LogP contribution is 2.28. The van der Waals surface area contributed by atoms with Crippen LogP contribution in [0.3, 0.4) is 0 Å². The molecule has 0 fully saturated rings. The Bertz CT molecular complexity index is 394. The molecule has 0 saturated carbocycles. The Kier molecular flexibility index (Phi) is 5.58. The van der Waals surface area contributed by atoms with Gasteiger partial charge in [0.1, 0.15) is 5.83 Å². The second-order valence-electron chi connectivity index (χ2n) is 5.78. The van der Waals surface area contributed by atoms with Gasteiger partial charge in [0.2, 0.25) is 0 Å². The molecule has 1 heteroatoms. The van der Waals surface area contributed by atoms with Gasteiger partial charge >= 0.3 is 0 Å². The summed E-state index contributed by atoms with van der Waals surface area (Å²) in [6.07, 6.45) is 8.22. The minimum Gasteiger partial charge on any atom is -0.207 e. The van der Waals surface area contributed by atoms with Gasteiger partial charge in [0.25, 0.3) is 0 Å². The fourth-order valence-corrected chi connectivity index (χ4v) is 2.05. The van der Waals surface area contributed by atoms with E-state index in [9.17, 15) is 4.39 Å². The second-order valence-corrected chi connectivity index (χ2v) is 5.78. The molecule has 0 amide bonds. The van der Waals surface area contributed by atoms with Crippen molar-refractivity contribution in [1.29, 1.82) is 0 Å². The summed E-state index contributed by atoms with van der Waals surface area (Å²) in [5.41, 5.74) is 3.16. The van der Waals surface area contributed by atoms with E-state index in [2.05, 4.69) is 27.4 Å². The summed E-state index contributed by atoms with van der Waals surface area (Å²) in [5.74, 6) is 0.756. The van der Waals surface area contributed by atoms with Crippen LogP contribution in [0.1, 0.15) is 47.0 Å². The maximum atomic E-state index is 14.1. The first-order valence-corrected chi connectivity index (χ1v) is 6.81. The fraction of sp³-hybridized carbons (Fsp3) is 0.529. The predicted molar refractivity (Wildman–Crippen MR) is 78.0 cm³/mol. The Balaban J connectivity index is 2.98. The molecule has 1 aliphatic carbocycles. The van der Waals surface area contributed by atoms with Gasteiger partial charge in [-0.2, -0.15) is 0 Å². The lowest BCUT2D eigenvalue weighted by molar-refractivity contribution is 0.562. The largest absolute Gasteiger partial charge is 0.207 e. The van der Waals surface area contributed by atoms with Crippen molar-refractivity contribution < 1.29 is 4.39 Å². The van der Waals surface area contributed by atoms with Gasteiger partial charge in [0.15, 0.2) is 0 Å². The molecule has 100 valence electrons. The Morgan fingerprint density at radius 1 is 1.39 bits per heavy atom. The summed E-state index contributed by atoms with van der Waals surface area (Å²) >= 11 is 0. The second kappa shape index (κ2) is 6.72. The standard InChI is InChI=1S/C17H25F/c1-12(2)6-8-16-11-15(5)14(4)10-13(3)7-9-17(16)18/h7,9,11-12,15H,4,6,8,10H2,1-3,5H3/b13-7+,16-11+,17-9+. The monoisotopic (exact) mass is 248 g/mol. The zero-order valence-corrected chi connectivity index (χ0v) is 12.1. The van der Waals surface area contributed by atoms with Crippen molar-refractivity contribution in [2.75, 3.05) is 0 Å². The Morgan fingerprint density at radius 3 is 2.67 bits per heavy atom. The van der Waals surface area contributed by atoms with Crippen LogP contribution in [0, 0.1) is 11.8 Å². The Morgan fingerprint density at radius 2 is 2.06 bits per heavy atom. The van der Waals surface area contributed by atoms with Crippen molar-refractivity contribution in [1.82, 2.24) is 0 Å². The lowest BCUT2D eigenvalue weighted by Crippen LogP contribution is -1.98. The number of rotatable bonds is 3. The molecule has 0 nitrogen and oxygen atoms in total. The molecule has 0 spiro atoms. The van der Waals surface area contributed by atoms with Crippen molar-refractivity contribution in [2.45, 2.75) is 47.0 Å². The zero-order chi connectivity index (χ0) is 13.7. The molecule has 0 aliphatic heterocycles. The molecule has 1 aliphatic rings. The molecular formula is C17H25F. The van der Waals surface area contributed by atoms with Crippen LogP contribution in [0.15, 0.2) is 47.4 Å². The Hall–Kier alpha value is -1.11. The highest BCUT2D eigenvalue weighted by atomic mass is 19.1. The van der Waals surface area contributed by atoms with Crippen LogP contribution in [0.5, 0.6) is 0 Å². The van der Waals surface area contributed by atoms with Crippen molar-refractivity contribution in [2.24, 2.45) is 11.8 Å². The van der Waals surface area contributed by atoms with Gasteiger partial charge in [0, 0.05) is 0 Å². The van der Waals surface area contributed by atoms with Crippen LogP contribution >= 0.6 is 0 Å². The summed E-state index contributed by atoms with van der Waals surface area (Å²) < 4.78 is 14.1. The summed E-state index contributed by atoms with van der Waals surface area (Å²) in [4.78, 5) is 0. The van der Waals surface area contributed by atoms with E-state index in [-0.39, 0.29) is 11.7 Å². The third-order valence-corrected chi connectivity index (χ3v) is 3.41. The van der Waals surface area contributed by atoms with E-state index >= 15 is 0 Å². The first-order valence-electron chi connectivity index (χ1n) is 6.81. The molecule has 0 aromatic carbocycles. The SMILES string of the molecule is C=C1C/C(C)=C/C=C(F)\C(CCC(C)C)=C\C1C. The molecule has 0 aromatic heterocycles. The van der Waals surface area contributed by atoms with E-state index in [1.807, 2.05) is 19.1 Å². The van der Waals surface area contributed by atoms with Crippen molar-refractivity contribution in [3.05, 3.63) is 47.4 Å². The lowest BCUT2D eigenvalue weighted by Gasteiger charge is -2.13. The number of allylic oxidation sites excluding steroid dienone is 7. The van der Waals surface area contributed by atoms with E-state index < -0.39 is 0 Å². The van der Waals surface area contributed by atoms with Crippen molar-refractivity contribution in [3.8, 4) is 0 Å². The van der Waals surface area contributed by atoms with Crippen LogP contribution < -0.4 is 0 Å². The van der Waals surface area contributed by atoms with Crippen molar-refractivity contribution >= 4 is 0 Å². The first kappa shape index (κ1) is 14.9. The summed E-state index contributed by atoms with van der Waals surface area (Å²) in [5, 5.41) is 0. The molecule has 1 rings (SSSR count). The minimum absolute atomic E-state index is 0.0865. The van der Waals surface area contributed by atoms with Gasteiger partial charge in [0.05, 0.1) is 0 Å². The average Bonchev–Trinajstić information content (AvgIpc) is 2.33. The van der Waals surface area contributed by atoms with Crippen molar-refractivity contribution in [3.63, 3.8) is 0 Å². The maximum absolute atomic E-state index is 14.1. The van der Waals surface area contributed by atoms with Crippen LogP contribution in [0.25, 0.3) is 0 Å². The smallest absolute Gasteiger partial charge is 0.126 e. The maximum Gasteiger partial charge on any atom is 0.126 e. The van der Waals surface area contributed by atoms with E-state index in [4.69, 9.17) is 0 Å². The number of hydrogen-bond donors (Lipinski definition) is 0. The lowest BCUT2D eigenvalue weighted by atomic mass is 9.93. The van der Waals surface area contributed by atoms with E-state index in [1.165, 1.54) is 5.57 Å². The highest BCUT2D eigenvalue weighted by Gasteiger charge is 2.12. The third kappa shape index (κ3) is 4.64. The molecule has 0 radical (unpaired) electrons. The average molecular weight is 248 g/mol. The molecule has 0 saturated heterocycles. The fourth-order valence-electron chi connectivity index (χ4n) is 2.05. The molecule has 0 heterocycles. The van der Waals surface area contributed by atoms with Gasteiger partial charge in [-0.1, -0.05) is 50.6 Å². The van der Waals surface area contributed by atoms with Crippen LogP contribution in [0.4, 0.5) is 4.39 Å². The molecule has 1 unspecified atom stereocenters. The molecule has 18 heavy (non-hydrogen) atoms. The highest BCUT2D eigenvalue weighted by molar-refractivity contribution is 5.34. The topological polar surface area (TPSA) is 0 Å². The third-order valence-electron chi connectivity index (χ3n) is 3.41. The normalized spacial score (nSPS) is 30.4. The Labute approximate surface area is 111 Å². The van der Waals surface area contributed by atoms with Crippen LogP contribution in [0.2, 0.25) is 0 Å². The molecule has 0 N–H and O–H groups in total. The summed E-state index contributed by atoms with van der Waals surface area (Å²) in [7, 11) is 0. The van der Waals surface area contributed by atoms with E-state index in [0.29, 0.717) is 5.92 Å². The predicted octanol–water partition coefficient (Wildman–Crippen LogP) is 5.74. The summed E-state index contributed by atoms with van der Waals surface area (Å²) in [6.45, 7) is 12.6. The van der Waals surface area contributed by atoms with Crippen LogP contribution in [-0.2, 0) is 0 Å². The van der Waals surface area contributed by atoms with Gasteiger partial charge < -0.3 is 0 Å². The molecule has 0 aromatic rings. The van der Waals surface area contributed by atoms with Gasteiger partial charge in [-0.25, -0.2) is 4.39 Å². The van der Waals surface area contributed by atoms with Gasteiger partial charge in [-0.05, 0) is 49.7 Å². The van der Waals surface area contributed by atoms with Crippen LogP contribution in [-0.4, -0.2) is 0 Å². The van der Waals surface area contributed by atoms with Gasteiger partial charge in [-0.15, -0.1) is 0 Å². The summed E-state index contributed by atoms with van der Waals surface area (Å²) in [6, 6.07) is 0. The number of hydrogen-bond acceptors (Lipinski definition) is 0. The van der Waals surface area contributed by atoms with E-state index in [1.54, 1.807) is 6.08 Å². The molecule has 1 atom stereocenters. The quantitative estimate of drug-likeness (QED) is 0.558. The molecular weight excluding hydrogens is 223 g/mol. The van der Waals surface area contributed by atoms with Gasteiger partial charge in [-0.3, -0.25) is 0 Å². The first-order chi connectivity index (χ1) is 8.40. The van der Waals surface area contributed by atoms with E-state index in [0.717, 1.165) is 30.4 Å². The molecule has 0 bridgehead atoms. The minimum atomic E-state index is -0.0865. The zero-order valence-electron chi connectivity index (χ0n) is 12.1.